The largest absolute Gasteiger partial charge is 0.491 e. The standard InChI is InChI=1S/C18H27N5O/c1-5-11-23(12-6-2)17-13-19-22-18(21-17)20-15-7-9-16(10-8-15)24-14(3)4/h7-10,13-14H,5-6,11-12H2,1-4H3,(H,20,21,22). The molecule has 0 spiro atoms. The minimum atomic E-state index is 0.163. The highest BCUT2D eigenvalue weighted by atomic mass is 16.5. The van der Waals surface area contributed by atoms with Crippen molar-refractivity contribution in [2.24, 2.45) is 0 Å². The Kier molecular flexibility index (Phi) is 6.78. The van der Waals surface area contributed by atoms with Crippen LogP contribution in [0.25, 0.3) is 0 Å². The summed E-state index contributed by atoms with van der Waals surface area (Å²) in [6.07, 6.45) is 4.03. The summed E-state index contributed by atoms with van der Waals surface area (Å²) in [5.41, 5.74) is 0.905. The second-order valence-electron chi connectivity index (χ2n) is 5.94. The second kappa shape index (κ2) is 9.05. The summed E-state index contributed by atoms with van der Waals surface area (Å²) in [6.45, 7) is 10.3. The number of ether oxygens (including phenoxy) is 1. The lowest BCUT2D eigenvalue weighted by molar-refractivity contribution is 0.242. The zero-order chi connectivity index (χ0) is 17.4. The molecule has 0 saturated carbocycles. The molecule has 1 N–H and O–H groups in total. The van der Waals surface area contributed by atoms with Crippen molar-refractivity contribution in [3.05, 3.63) is 30.5 Å². The van der Waals surface area contributed by atoms with Crippen LogP contribution in [0, 0.1) is 0 Å². The van der Waals surface area contributed by atoms with E-state index in [4.69, 9.17) is 4.74 Å². The number of nitrogens with zero attached hydrogens (tertiary/aromatic N) is 4. The molecule has 0 amide bonds. The molecule has 0 unspecified atom stereocenters. The molecule has 6 heteroatoms. The lowest BCUT2D eigenvalue weighted by Gasteiger charge is -2.22. The fourth-order valence-corrected chi connectivity index (χ4v) is 2.40. The summed E-state index contributed by atoms with van der Waals surface area (Å²) in [5.74, 6) is 2.21. The van der Waals surface area contributed by atoms with Gasteiger partial charge in [-0.1, -0.05) is 13.8 Å². The first-order valence-electron chi connectivity index (χ1n) is 8.60. The molecule has 1 heterocycles. The van der Waals surface area contributed by atoms with Crippen molar-refractivity contribution in [3.63, 3.8) is 0 Å². The predicted octanol–water partition coefficient (Wildman–Crippen LogP) is 4.03. The van der Waals surface area contributed by atoms with E-state index in [1.807, 2.05) is 38.1 Å². The molecule has 0 saturated heterocycles. The fraction of sp³-hybridized carbons (Fsp3) is 0.500. The Morgan fingerprint density at radius 1 is 1.08 bits per heavy atom. The summed E-state index contributed by atoms with van der Waals surface area (Å²) < 4.78 is 5.65. The van der Waals surface area contributed by atoms with Crippen LogP contribution >= 0.6 is 0 Å². The van der Waals surface area contributed by atoms with E-state index in [0.29, 0.717) is 5.95 Å². The molecule has 1 aromatic carbocycles. The third-order valence-electron chi connectivity index (χ3n) is 3.34. The van der Waals surface area contributed by atoms with Crippen molar-refractivity contribution >= 4 is 17.5 Å². The number of anilines is 3. The molecule has 24 heavy (non-hydrogen) atoms. The smallest absolute Gasteiger partial charge is 0.249 e. The van der Waals surface area contributed by atoms with Crippen LogP contribution in [0.1, 0.15) is 40.5 Å². The normalized spacial score (nSPS) is 10.7. The van der Waals surface area contributed by atoms with Gasteiger partial charge < -0.3 is 15.0 Å². The highest BCUT2D eigenvalue weighted by molar-refractivity contribution is 5.55. The van der Waals surface area contributed by atoms with Crippen molar-refractivity contribution < 1.29 is 4.74 Å². The lowest BCUT2D eigenvalue weighted by Crippen LogP contribution is -2.26. The minimum absolute atomic E-state index is 0.163. The van der Waals surface area contributed by atoms with Gasteiger partial charge in [0.1, 0.15) is 5.75 Å². The van der Waals surface area contributed by atoms with Crippen molar-refractivity contribution in [3.8, 4) is 5.75 Å². The fourth-order valence-electron chi connectivity index (χ4n) is 2.40. The Morgan fingerprint density at radius 3 is 2.33 bits per heavy atom. The van der Waals surface area contributed by atoms with Gasteiger partial charge in [0.2, 0.25) is 5.95 Å². The number of hydrogen-bond acceptors (Lipinski definition) is 6. The predicted molar refractivity (Wildman–Crippen MR) is 98.1 cm³/mol. The van der Waals surface area contributed by atoms with Crippen molar-refractivity contribution in [2.75, 3.05) is 23.3 Å². The van der Waals surface area contributed by atoms with Gasteiger partial charge in [0.15, 0.2) is 5.82 Å². The molecule has 6 nitrogen and oxygen atoms in total. The molecule has 2 rings (SSSR count). The van der Waals surface area contributed by atoms with Gasteiger partial charge in [0, 0.05) is 18.8 Å². The average molecular weight is 329 g/mol. The molecule has 0 aliphatic carbocycles. The maximum absolute atomic E-state index is 5.65. The number of rotatable bonds is 9. The monoisotopic (exact) mass is 329 g/mol. The molecular formula is C18H27N5O. The van der Waals surface area contributed by atoms with Gasteiger partial charge in [-0.2, -0.15) is 10.1 Å². The van der Waals surface area contributed by atoms with Crippen LogP contribution in [-0.4, -0.2) is 34.4 Å². The van der Waals surface area contributed by atoms with Gasteiger partial charge >= 0.3 is 0 Å². The zero-order valence-corrected chi connectivity index (χ0v) is 15.0. The SMILES string of the molecule is CCCN(CCC)c1cnnc(Nc2ccc(OC(C)C)cc2)n1. The first-order valence-corrected chi connectivity index (χ1v) is 8.60. The minimum Gasteiger partial charge on any atom is -0.491 e. The third kappa shape index (κ3) is 5.37. The van der Waals surface area contributed by atoms with E-state index in [9.17, 15) is 0 Å². The van der Waals surface area contributed by atoms with Gasteiger partial charge in [-0.25, -0.2) is 0 Å². The van der Waals surface area contributed by atoms with Crippen LogP contribution in [0.2, 0.25) is 0 Å². The van der Waals surface area contributed by atoms with Crippen LogP contribution in [0.3, 0.4) is 0 Å². The van der Waals surface area contributed by atoms with E-state index in [1.165, 1.54) is 0 Å². The van der Waals surface area contributed by atoms with Crippen molar-refractivity contribution in [1.29, 1.82) is 0 Å². The Balaban J connectivity index is 2.08. The number of nitrogens with one attached hydrogen (secondary N) is 1. The topological polar surface area (TPSA) is 63.2 Å². The summed E-state index contributed by atoms with van der Waals surface area (Å²) in [5, 5.41) is 11.4. The Labute approximate surface area is 144 Å². The molecule has 0 fully saturated rings. The second-order valence-corrected chi connectivity index (χ2v) is 5.94. The summed E-state index contributed by atoms with van der Waals surface area (Å²) in [7, 11) is 0. The molecule has 2 aromatic rings. The lowest BCUT2D eigenvalue weighted by atomic mass is 10.3. The van der Waals surface area contributed by atoms with Crippen LogP contribution in [0.5, 0.6) is 5.75 Å². The average Bonchev–Trinajstić information content (AvgIpc) is 2.56. The van der Waals surface area contributed by atoms with Gasteiger partial charge in [0.05, 0.1) is 12.3 Å². The van der Waals surface area contributed by atoms with Crippen LogP contribution < -0.4 is 15.0 Å². The molecule has 1 aromatic heterocycles. The van der Waals surface area contributed by atoms with E-state index >= 15 is 0 Å². The Hall–Kier alpha value is -2.37. The van der Waals surface area contributed by atoms with E-state index in [2.05, 4.69) is 39.2 Å². The molecular weight excluding hydrogens is 302 g/mol. The Bertz CT molecular complexity index is 609. The quantitative estimate of drug-likeness (QED) is 0.749. The number of aromatic nitrogens is 3. The highest BCUT2D eigenvalue weighted by Crippen LogP contribution is 2.20. The summed E-state index contributed by atoms with van der Waals surface area (Å²) >= 11 is 0. The van der Waals surface area contributed by atoms with E-state index in [0.717, 1.165) is 43.2 Å². The van der Waals surface area contributed by atoms with Crippen LogP contribution in [0.4, 0.5) is 17.5 Å². The van der Waals surface area contributed by atoms with Crippen LogP contribution in [0.15, 0.2) is 30.5 Å². The van der Waals surface area contributed by atoms with Gasteiger partial charge in [0.25, 0.3) is 0 Å². The van der Waals surface area contributed by atoms with Gasteiger partial charge in [-0.15, -0.1) is 5.10 Å². The maximum atomic E-state index is 5.65. The third-order valence-corrected chi connectivity index (χ3v) is 3.34. The van der Waals surface area contributed by atoms with E-state index in [-0.39, 0.29) is 6.10 Å². The molecule has 0 bridgehead atoms. The first kappa shape index (κ1) is 18.0. The summed E-state index contributed by atoms with van der Waals surface area (Å²) in [4.78, 5) is 6.82. The molecule has 0 atom stereocenters. The molecule has 130 valence electrons. The van der Waals surface area contributed by atoms with Gasteiger partial charge in [-0.3, -0.25) is 0 Å². The zero-order valence-electron chi connectivity index (χ0n) is 15.0. The molecule has 0 radical (unpaired) electrons. The van der Waals surface area contributed by atoms with Crippen molar-refractivity contribution in [2.45, 2.75) is 46.6 Å². The summed E-state index contributed by atoms with van der Waals surface area (Å²) in [6, 6.07) is 7.76. The molecule has 0 aliphatic rings. The number of hydrogen-bond donors (Lipinski definition) is 1. The Morgan fingerprint density at radius 2 is 1.75 bits per heavy atom. The van der Waals surface area contributed by atoms with E-state index < -0.39 is 0 Å². The van der Waals surface area contributed by atoms with E-state index in [1.54, 1.807) is 6.20 Å². The highest BCUT2D eigenvalue weighted by Gasteiger charge is 2.09. The molecule has 0 aliphatic heterocycles. The van der Waals surface area contributed by atoms with Gasteiger partial charge in [-0.05, 0) is 51.0 Å². The first-order chi connectivity index (χ1) is 11.6. The van der Waals surface area contributed by atoms with Crippen molar-refractivity contribution in [1.82, 2.24) is 15.2 Å². The number of benzene rings is 1. The van der Waals surface area contributed by atoms with Crippen LogP contribution in [-0.2, 0) is 0 Å². The maximum Gasteiger partial charge on any atom is 0.249 e.